The van der Waals surface area contributed by atoms with Crippen LogP contribution in [0.15, 0.2) is 48.6 Å². The van der Waals surface area contributed by atoms with Crippen molar-refractivity contribution in [1.29, 1.82) is 0 Å². The van der Waals surface area contributed by atoms with Crippen LogP contribution in [0, 0.1) is 0 Å². The van der Waals surface area contributed by atoms with Crippen molar-refractivity contribution in [3.05, 3.63) is 59.7 Å². The molecule has 2 aliphatic rings. The monoisotopic (exact) mass is 170 g/mol. The molecule has 2 heterocycles. The van der Waals surface area contributed by atoms with E-state index in [-0.39, 0.29) is 12.2 Å². The van der Waals surface area contributed by atoms with Crippen LogP contribution in [-0.4, -0.2) is 0 Å². The fraction of sp³-hybridized carbons (Fsp3) is 0.167. The minimum Gasteiger partial charge on any atom is -0.356 e. The lowest BCUT2D eigenvalue weighted by Crippen LogP contribution is -2.01. The molecule has 0 aromatic heterocycles. The van der Waals surface area contributed by atoms with Gasteiger partial charge in [-0.3, -0.25) is 0 Å². The summed E-state index contributed by atoms with van der Waals surface area (Å²) in [5.74, 6) is 0. The predicted molar refractivity (Wildman–Crippen MR) is 51.3 cm³/mol. The van der Waals surface area contributed by atoms with Crippen molar-refractivity contribution in [2.45, 2.75) is 12.2 Å². The van der Waals surface area contributed by atoms with E-state index >= 15 is 0 Å². The van der Waals surface area contributed by atoms with Crippen LogP contribution in [0.2, 0.25) is 0 Å². The van der Waals surface area contributed by atoms with Crippen molar-refractivity contribution in [2.24, 2.45) is 0 Å². The number of rotatable bonds is 0. The summed E-state index contributed by atoms with van der Waals surface area (Å²) in [6.07, 6.45) is 0.155. The first-order valence-electron chi connectivity index (χ1n) is 4.41. The second-order valence-electron chi connectivity index (χ2n) is 3.58. The van der Waals surface area contributed by atoms with Crippen LogP contribution in [0.3, 0.4) is 0 Å². The molecule has 0 radical (unpaired) electrons. The zero-order valence-corrected chi connectivity index (χ0v) is 7.29. The van der Waals surface area contributed by atoms with E-state index in [1.165, 1.54) is 11.1 Å². The Morgan fingerprint density at radius 1 is 0.923 bits per heavy atom. The smallest absolute Gasteiger partial charge is 0.109 e. The van der Waals surface area contributed by atoms with E-state index in [1.54, 1.807) is 0 Å². The molecule has 0 unspecified atom stereocenters. The third kappa shape index (κ3) is 0.706. The van der Waals surface area contributed by atoms with Crippen molar-refractivity contribution in [2.75, 3.05) is 0 Å². The first-order valence-corrected chi connectivity index (χ1v) is 4.41. The zero-order chi connectivity index (χ0) is 9.00. The summed E-state index contributed by atoms with van der Waals surface area (Å²) in [5, 5.41) is 0. The van der Waals surface area contributed by atoms with Gasteiger partial charge in [0.1, 0.15) is 12.2 Å². The molecule has 0 N–H and O–H groups in total. The van der Waals surface area contributed by atoms with Crippen LogP contribution in [0.4, 0.5) is 0 Å². The van der Waals surface area contributed by atoms with Gasteiger partial charge in [0.05, 0.1) is 0 Å². The van der Waals surface area contributed by atoms with Crippen molar-refractivity contribution in [3.8, 4) is 0 Å². The van der Waals surface area contributed by atoms with E-state index in [2.05, 4.69) is 25.3 Å². The molecule has 1 aromatic carbocycles. The first kappa shape index (κ1) is 7.10. The fourth-order valence-corrected chi connectivity index (χ4v) is 2.15. The van der Waals surface area contributed by atoms with E-state index in [0.717, 1.165) is 11.1 Å². The zero-order valence-electron chi connectivity index (χ0n) is 7.29. The Balaban J connectivity index is 2.27. The Morgan fingerprint density at radius 2 is 1.38 bits per heavy atom. The lowest BCUT2D eigenvalue weighted by Gasteiger charge is -2.14. The Kier molecular flexibility index (Phi) is 1.16. The maximum Gasteiger partial charge on any atom is 0.109 e. The summed E-state index contributed by atoms with van der Waals surface area (Å²) in [6, 6.07) is 8.30. The van der Waals surface area contributed by atoms with Gasteiger partial charge < -0.3 is 4.74 Å². The maximum absolute atomic E-state index is 5.77. The van der Waals surface area contributed by atoms with Crippen LogP contribution in [-0.2, 0) is 4.74 Å². The normalized spacial score (nSPS) is 29.5. The highest BCUT2D eigenvalue weighted by Gasteiger charge is 2.42. The van der Waals surface area contributed by atoms with Crippen LogP contribution >= 0.6 is 0 Å². The van der Waals surface area contributed by atoms with Gasteiger partial charge in [-0.05, 0) is 22.3 Å². The van der Waals surface area contributed by atoms with Gasteiger partial charge in [0.25, 0.3) is 0 Å². The Hall–Kier alpha value is -1.34. The molecular weight excluding hydrogens is 160 g/mol. The van der Waals surface area contributed by atoms with Crippen molar-refractivity contribution in [1.82, 2.24) is 0 Å². The summed E-state index contributed by atoms with van der Waals surface area (Å²) in [6.45, 7) is 7.98. The molecule has 13 heavy (non-hydrogen) atoms. The van der Waals surface area contributed by atoms with Crippen molar-refractivity contribution < 1.29 is 4.74 Å². The predicted octanol–water partition coefficient (Wildman–Crippen LogP) is 2.93. The number of ether oxygens (including phenoxy) is 1. The highest BCUT2D eigenvalue weighted by atomic mass is 16.5. The molecule has 1 heteroatoms. The second-order valence-corrected chi connectivity index (χ2v) is 3.58. The quantitative estimate of drug-likeness (QED) is 0.581. The molecule has 1 saturated heterocycles. The molecule has 0 aliphatic carbocycles. The summed E-state index contributed by atoms with van der Waals surface area (Å²) in [7, 11) is 0. The molecular formula is C12H10O. The molecule has 0 spiro atoms. The molecule has 64 valence electrons. The lowest BCUT2D eigenvalue weighted by atomic mass is 9.86. The van der Waals surface area contributed by atoms with Gasteiger partial charge in [-0.2, -0.15) is 0 Å². The summed E-state index contributed by atoms with van der Waals surface area (Å²) >= 11 is 0. The first-order chi connectivity index (χ1) is 6.29. The average molecular weight is 170 g/mol. The Bertz CT molecular complexity index is 378. The molecule has 2 aliphatic heterocycles. The second kappa shape index (κ2) is 2.12. The molecule has 0 amide bonds. The summed E-state index contributed by atoms with van der Waals surface area (Å²) < 4.78 is 5.77. The third-order valence-corrected chi connectivity index (χ3v) is 2.88. The van der Waals surface area contributed by atoms with Crippen LogP contribution in [0.1, 0.15) is 23.3 Å². The fourth-order valence-electron chi connectivity index (χ4n) is 2.15. The van der Waals surface area contributed by atoms with Crippen molar-refractivity contribution in [3.63, 3.8) is 0 Å². The van der Waals surface area contributed by atoms with Gasteiger partial charge in [-0.15, -0.1) is 0 Å². The molecule has 2 bridgehead atoms. The van der Waals surface area contributed by atoms with E-state index in [0.29, 0.717) is 0 Å². The van der Waals surface area contributed by atoms with Gasteiger partial charge in [0, 0.05) is 0 Å². The highest BCUT2D eigenvalue weighted by Crippen LogP contribution is 2.55. The number of hydrogen-bond donors (Lipinski definition) is 0. The van der Waals surface area contributed by atoms with Gasteiger partial charge in [-0.1, -0.05) is 37.4 Å². The number of fused-ring (bicyclic) bond motifs is 5. The molecule has 1 nitrogen and oxygen atoms in total. The molecule has 2 atom stereocenters. The lowest BCUT2D eigenvalue weighted by molar-refractivity contribution is 0.0905. The molecule has 1 aromatic rings. The van der Waals surface area contributed by atoms with E-state index in [1.807, 2.05) is 12.1 Å². The minimum atomic E-state index is 0.0775. The number of benzene rings is 1. The minimum absolute atomic E-state index is 0.0775. The van der Waals surface area contributed by atoms with Crippen LogP contribution < -0.4 is 0 Å². The molecule has 1 fully saturated rings. The van der Waals surface area contributed by atoms with Gasteiger partial charge in [0.15, 0.2) is 0 Å². The summed E-state index contributed by atoms with van der Waals surface area (Å²) in [5.41, 5.74) is 4.63. The Labute approximate surface area is 77.3 Å². The topological polar surface area (TPSA) is 9.23 Å². The third-order valence-electron chi connectivity index (χ3n) is 2.88. The summed E-state index contributed by atoms with van der Waals surface area (Å²) in [4.78, 5) is 0. The molecule has 0 saturated carbocycles. The number of hydrogen-bond acceptors (Lipinski definition) is 1. The maximum atomic E-state index is 5.77. The Morgan fingerprint density at radius 3 is 1.85 bits per heavy atom. The van der Waals surface area contributed by atoms with E-state index < -0.39 is 0 Å². The molecule has 3 rings (SSSR count). The van der Waals surface area contributed by atoms with Crippen LogP contribution in [0.25, 0.3) is 0 Å². The largest absolute Gasteiger partial charge is 0.356 e. The standard InChI is InChI=1S/C12H10O/c1-7-8(2)12-10-6-4-3-5-9(10)11(7)13-12/h3-6,11-12H,1-2H2/t11-,12+. The van der Waals surface area contributed by atoms with Gasteiger partial charge >= 0.3 is 0 Å². The van der Waals surface area contributed by atoms with Crippen LogP contribution in [0.5, 0.6) is 0 Å². The SMILES string of the molecule is C=C1C(=C)[C@@H]2O[C@H]1c1ccccc12. The highest BCUT2D eigenvalue weighted by molar-refractivity contribution is 5.54. The average Bonchev–Trinajstić information content (AvgIpc) is 2.66. The van der Waals surface area contributed by atoms with Gasteiger partial charge in [-0.25, -0.2) is 0 Å². The van der Waals surface area contributed by atoms with E-state index in [4.69, 9.17) is 4.74 Å². The van der Waals surface area contributed by atoms with Gasteiger partial charge in [0.2, 0.25) is 0 Å². The van der Waals surface area contributed by atoms with E-state index in [9.17, 15) is 0 Å². The van der Waals surface area contributed by atoms with Crippen molar-refractivity contribution >= 4 is 0 Å².